The van der Waals surface area contributed by atoms with Gasteiger partial charge in [-0.25, -0.2) is 4.57 Å². The summed E-state index contributed by atoms with van der Waals surface area (Å²) in [6, 6.07) is 6.05. The molecular formula is C11H10IN3. The van der Waals surface area contributed by atoms with Gasteiger partial charge in [0.1, 0.15) is 0 Å². The maximum absolute atomic E-state index is 4.53. The monoisotopic (exact) mass is 311 g/mol. The molecule has 0 spiro atoms. The molecule has 1 aromatic rings. The minimum absolute atomic E-state index is 0. The van der Waals surface area contributed by atoms with Crippen molar-refractivity contribution < 1.29 is 28.5 Å². The predicted octanol–water partition coefficient (Wildman–Crippen LogP) is -1.64. The third kappa shape index (κ3) is 1.81. The standard InChI is InChI=1S/C11H10N3.HI/c1-3-7-13-9-14-8-4-2-6-11(14)12-10(13)5-1;/h1-8H,9H2;1H/q+1;/p-1. The third-order valence-corrected chi connectivity index (χ3v) is 2.37. The fourth-order valence-electron chi connectivity index (χ4n) is 1.66. The van der Waals surface area contributed by atoms with E-state index in [1.54, 1.807) is 0 Å². The lowest BCUT2D eigenvalue weighted by molar-refractivity contribution is -0.700. The van der Waals surface area contributed by atoms with Gasteiger partial charge in [-0.2, -0.15) is 0 Å². The van der Waals surface area contributed by atoms with Crippen molar-refractivity contribution in [3.05, 3.63) is 48.8 Å². The van der Waals surface area contributed by atoms with E-state index >= 15 is 0 Å². The number of halogens is 1. The molecule has 76 valence electrons. The van der Waals surface area contributed by atoms with Crippen molar-refractivity contribution in [1.29, 1.82) is 0 Å². The van der Waals surface area contributed by atoms with Crippen molar-refractivity contribution in [2.24, 2.45) is 4.99 Å². The first kappa shape index (κ1) is 10.4. The number of fused-ring (bicyclic) bond motifs is 2. The highest BCUT2D eigenvalue weighted by Gasteiger charge is 2.23. The van der Waals surface area contributed by atoms with E-state index in [1.807, 2.05) is 48.8 Å². The van der Waals surface area contributed by atoms with E-state index in [0.717, 1.165) is 18.3 Å². The van der Waals surface area contributed by atoms with Gasteiger partial charge >= 0.3 is 5.82 Å². The number of amidine groups is 1. The Kier molecular flexibility index (Phi) is 2.86. The second-order valence-corrected chi connectivity index (χ2v) is 3.31. The van der Waals surface area contributed by atoms with Gasteiger partial charge in [0.25, 0.3) is 5.84 Å². The summed E-state index contributed by atoms with van der Waals surface area (Å²) >= 11 is 0. The van der Waals surface area contributed by atoms with Gasteiger partial charge < -0.3 is 24.0 Å². The highest BCUT2D eigenvalue weighted by Crippen LogP contribution is 2.14. The molecule has 2 aliphatic rings. The summed E-state index contributed by atoms with van der Waals surface area (Å²) in [6.07, 6.45) is 10.1. The molecule has 0 saturated carbocycles. The van der Waals surface area contributed by atoms with Crippen molar-refractivity contribution in [1.82, 2.24) is 4.90 Å². The summed E-state index contributed by atoms with van der Waals surface area (Å²) in [5.41, 5.74) is 0. The van der Waals surface area contributed by atoms with Gasteiger partial charge in [0.15, 0.2) is 6.67 Å². The summed E-state index contributed by atoms with van der Waals surface area (Å²) in [6.45, 7) is 0.843. The molecule has 15 heavy (non-hydrogen) atoms. The Balaban J connectivity index is 0.000000853. The molecule has 0 unspecified atom stereocenters. The van der Waals surface area contributed by atoms with Gasteiger partial charge in [0.2, 0.25) is 0 Å². The Labute approximate surface area is 105 Å². The zero-order valence-electron chi connectivity index (χ0n) is 8.05. The first-order chi connectivity index (χ1) is 6.93. The normalized spacial score (nSPS) is 16.3. The van der Waals surface area contributed by atoms with Crippen LogP contribution in [-0.4, -0.2) is 10.7 Å². The van der Waals surface area contributed by atoms with Gasteiger partial charge in [-0.05, 0) is 17.1 Å². The minimum atomic E-state index is 0. The lowest BCUT2D eigenvalue weighted by Crippen LogP contribution is -3.00. The van der Waals surface area contributed by atoms with Crippen LogP contribution in [0.4, 0.5) is 5.82 Å². The van der Waals surface area contributed by atoms with Crippen LogP contribution in [0.15, 0.2) is 53.8 Å². The lowest BCUT2D eigenvalue weighted by atomic mass is 10.3. The number of rotatable bonds is 0. The van der Waals surface area contributed by atoms with Crippen molar-refractivity contribution in [2.45, 2.75) is 6.67 Å². The van der Waals surface area contributed by atoms with Crippen molar-refractivity contribution >= 4 is 11.7 Å². The number of hydrogen-bond acceptors (Lipinski definition) is 2. The third-order valence-electron chi connectivity index (χ3n) is 2.37. The van der Waals surface area contributed by atoms with Crippen LogP contribution in [0.3, 0.4) is 0 Å². The number of allylic oxidation sites excluding steroid dienone is 2. The van der Waals surface area contributed by atoms with Gasteiger partial charge in [-0.1, -0.05) is 12.1 Å². The predicted molar refractivity (Wildman–Crippen MR) is 53.9 cm³/mol. The van der Waals surface area contributed by atoms with E-state index < -0.39 is 0 Å². The van der Waals surface area contributed by atoms with Gasteiger partial charge in [-0.15, -0.1) is 0 Å². The molecule has 0 aromatic carbocycles. The first-order valence-corrected chi connectivity index (χ1v) is 4.62. The van der Waals surface area contributed by atoms with Crippen LogP contribution in [0.5, 0.6) is 0 Å². The zero-order chi connectivity index (χ0) is 9.38. The lowest BCUT2D eigenvalue weighted by Gasteiger charge is -2.21. The molecule has 1 aromatic heterocycles. The van der Waals surface area contributed by atoms with Gasteiger partial charge in [0.05, 0.1) is 6.20 Å². The highest BCUT2D eigenvalue weighted by atomic mass is 127. The average Bonchev–Trinajstić information content (AvgIpc) is 2.26. The molecule has 0 saturated heterocycles. The highest BCUT2D eigenvalue weighted by molar-refractivity contribution is 5.96. The summed E-state index contributed by atoms with van der Waals surface area (Å²) in [7, 11) is 0. The van der Waals surface area contributed by atoms with Crippen LogP contribution in [-0.2, 0) is 6.67 Å². The molecule has 0 radical (unpaired) electrons. The van der Waals surface area contributed by atoms with Crippen molar-refractivity contribution in [3.63, 3.8) is 0 Å². The number of nitrogens with zero attached hydrogens (tertiary/aromatic N) is 3. The Morgan fingerprint density at radius 3 is 3.13 bits per heavy atom. The van der Waals surface area contributed by atoms with Crippen molar-refractivity contribution in [2.75, 3.05) is 0 Å². The number of aliphatic imine (C=N–C) groups is 1. The fourth-order valence-corrected chi connectivity index (χ4v) is 1.66. The van der Waals surface area contributed by atoms with E-state index in [4.69, 9.17) is 0 Å². The van der Waals surface area contributed by atoms with E-state index in [-0.39, 0.29) is 24.0 Å². The van der Waals surface area contributed by atoms with E-state index in [2.05, 4.69) is 14.5 Å². The molecule has 0 amide bonds. The maximum Gasteiger partial charge on any atom is 0.327 e. The number of pyridine rings is 1. The van der Waals surface area contributed by atoms with Crippen LogP contribution in [0.1, 0.15) is 0 Å². The Morgan fingerprint density at radius 1 is 1.27 bits per heavy atom. The summed E-state index contributed by atoms with van der Waals surface area (Å²) in [4.78, 5) is 6.65. The van der Waals surface area contributed by atoms with Crippen LogP contribution < -0.4 is 28.5 Å². The van der Waals surface area contributed by atoms with Crippen LogP contribution in [0.25, 0.3) is 0 Å². The Morgan fingerprint density at radius 2 is 2.20 bits per heavy atom. The van der Waals surface area contributed by atoms with Crippen LogP contribution >= 0.6 is 0 Å². The molecule has 3 heterocycles. The summed E-state index contributed by atoms with van der Waals surface area (Å²) in [5, 5.41) is 0. The average molecular weight is 311 g/mol. The largest absolute Gasteiger partial charge is 1.00 e. The quantitative estimate of drug-likeness (QED) is 0.416. The Bertz CT molecular complexity index is 463. The molecule has 0 bridgehead atoms. The molecule has 4 heteroatoms. The molecule has 0 fully saturated rings. The fraction of sp³-hybridized carbons (Fsp3) is 0.0909. The summed E-state index contributed by atoms with van der Waals surface area (Å²) in [5.74, 6) is 2.03. The summed E-state index contributed by atoms with van der Waals surface area (Å²) < 4.78 is 2.12. The maximum atomic E-state index is 4.53. The second kappa shape index (κ2) is 4.14. The molecule has 0 atom stereocenters. The van der Waals surface area contributed by atoms with Gasteiger partial charge in [0, 0.05) is 18.3 Å². The number of aromatic nitrogens is 1. The smallest absolute Gasteiger partial charge is 0.327 e. The molecule has 2 aliphatic heterocycles. The van der Waals surface area contributed by atoms with Gasteiger partial charge in [-0.3, -0.25) is 4.90 Å². The zero-order valence-corrected chi connectivity index (χ0v) is 10.2. The first-order valence-electron chi connectivity index (χ1n) is 4.62. The van der Waals surface area contributed by atoms with Crippen LogP contribution in [0.2, 0.25) is 0 Å². The molecule has 3 nitrogen and oxygen atoms in total. The van der Waals surface area contributed by atoms with E-state index in [0.29, 0.717) is 0 Å². The topological polar surface area (TPSA) is 19.5 Å². The molecule has 0 N–H and O–H groups in total. The molecular weight excluding hydrogens is 301 g/mol. The second-order valence-electron chi connectivity index (χ2n) is 3.31. The van der Waals surface area contributed by atoms with Crippen LogP contribution in [0, 0.1) is 0 Å². The molecule has 3 rings (SSSR count). The minimum Gasteiger partial charge on any atom is -1.00 e. The van der Waals surface area contributed by atoms with E-state index in [9.17, 15) is 0 Å². The van der Waals surface area contributed by atoms with E-state index in [1.165, 1.54) is 0 Å². The van der Waals surface area contributed by atoms with Crippen molar-refractivity contribution in [3.8, 4) is 0 Å². The SMILES string of the molecule is C1=CC2=Nc3cccc[n+]3CN2C=C1.[I-]. The Hall–Kier alpha value is -1.17. The number of hydrogen-bond donors (Lipinski definition) is 0. The molecule has 0 aliphatic carbocycles.